The Balaban J connectivity index is 1.72. The van der Waals surface area contributed by atoms with Crippen LogP contribution in [0.25, 0.3) is 0 Å². The van der Waals surface area contributed by atoms with Crippen molar-refractivity contribution in [1.29, 1.82) is 0 Å². The summed E-state index contributed by atoms with van der Waals surface area (Å²) in [5.41, 5.74) is 4.48. The summed E-state index contributed by atoms with van der Waals surface area (Å²) in [6.07, 6.45) is 6.90. The van der Waals surface area contributed by atoms with Crippen molar-refractivity contribution in [3.05, 3.63) is 59.0 Å². The Bertz CT molecular complexity index is 559. The fraction of sp³-hybridized carbons (Fsp3) is 0.444. The average molecular weight is 269 g/mol. The minimum atomic E-state index is 0.232. The molecule has 0 fully saturated rings. The Labute approximate surface area is 121 Å². The number of nitrogens with one attached hydrogen (secondary N) is 1. The van der Waals surface area contributed by atoms with E-state index < -0.39 is 0 Å². The van der Waals surface area contributed by atoms with Crippen LogP contribution in [0, 0.1) is 0 Å². The van der Waals surface area contributed by atoms with Crippen molar-refractivity contribution in [2.45, 2.75) is 51.6 Å². The number of hydrogen-bond acceptors (Lipinski definition) is 2. The summed E-state index contributed by atoms with van der Waals surface area (Å²) in [5.74, 6) is 0.995. The van der Waals surface area contributed by atoms with Gasteiger partial charge in [-0.05, 0) is 68.4 Å². The first-order valence-electron chi connectivity index (χ1n) is 7.65. The number of furan rings is 1. The molecule has 0 saturated carbocycles. The molecule has 2 nitrogen and oxygen atoms in total. The van der Waals surface area contributed by atoms with Gasteiger partial charge in [0.2, 0.25) is 0 Å². The molecule has 1 aliphatic carbocycles. The molecule has 1 aromatic carbocycles. The lowest BCUT2D eigenvalue weighted by Crippen LogP contribution is -2.22. The minimum absolute atomic E-state index is 0.232. The lowest BCUT2D eigenvalue weighted by Gasteiger charge is -2.22. The van der Waals surface area contributed by atoms with Gasteiger partial charge in [-0.25, -0.2) is 0 Å². The smallest absolute Gasteiger partial charge is 0.120 e. The first-order valence-corrected chi connectivity index (χ1v) is 7.65. The monoisotopic (exact) mass is 269 g/mol. The maximum absolute atomic E-state index is 5.46. The Hall–Kier alpha value is -1.54. The predicted molar refractivity (Wildman–Crippen MR) is 81.8 cm³/mol. The molecule has 2 heteroatoms. The van der Waals surface area contributed by atoms with E-state index in [2.05, 4.69) is 37.4 Å². The molecule has 106 valence electrons. The van der Waals surface area contributed by atoms with E-state index in [9.17, 15) is 0 Å². The van der Waals surface area contributed by atoms with Gasteiger partial charge in [-0.15, -0.1) is 0 Å². The van der Waals surface area contributed by atoms with Crippen LogP contribution in [-0.2, 0) is 12.8 Å². The SMILES string of the molecule is CC(NC(C)c1ccco1)c1ccc2c(c1)CCCC2. The normalized spacial score (nSPS) is 17.5. The van der Waals surface area contributed by atoms with E-state index in [0.717, 1.165) is 5.76 Å². The molecule has 1 N–H and O–H groups in total. The van der Waals surface area contributed by atoms with Crippen LogP contribution in [0.3, 0.4) is 0 Å². The van der Waals surface area contributed by atoms with Crippen LogP contribution in [-0.4, -0.2) is 0 Å². The third-order valence-electron chi connectivity index (χ3n) is 4.34. The molecule has 0 amide bonds. The van der Waals surface area contributed by atoms with Gasteiger partial charge in [-0.3, -0.25) is 0 Å². The largest absolute Gasteiger partial charge is 0.468 e. The minimum Gasteiger partial charge on any atom is -0.468 e. The van der Waals surface area contributed by atoms with Crippen LogP contribution in [0.15, 0.2) is 41.0 Å². The van der Waals surface area contributed by atoms with Crippen LogP contribution in [0.5, 0.6) is 0 Å². The van der Waals surface area contributed by atoms with E-state index >= 15 is 0 Å². The summed E-state index contributed by atoms with van der Waals surface area (Å²) in [7, 11) is 0. The number of rotatable bonds is 4. The highest BCUT2D eigenvalue weighted by Gasteiger charge is 2.15. The van der Waals surface area contributed by atoms with Gasteiger partial charge < -0.3 is 9.73 Å². The molecule has 0 saturated heterocycles. The first-order chi connectivity index (χ1) is 9.74. The Morgan fingerprint density at radius 3 is 2.55 bits per heavy atom. The second kappa shape index (κ2) is 5.84. The molecular weight excluding hydrogens is 246 g/mol. The summed E-state index contributed by atoms with van der Waals surface area (Å²) in [6, 6.07) is 11.5. The van der Waals surface area contributed by atoms with Gasteiger partial charge in [0, 0.05) is 6.04 Å². The topological polar surface area (TPSA) is 25.2 Å². The van der Waals surface area contributed by atoms with Crippen LogP contribution in [0.1, 0.15) is 61.2 Å². The third-order valence-corrected chi connectivity index (χ3v) is 4.34. The maximum Gasteiger partial charge on any atom is 0.120 e. The first kappa shape index (κ1) is 13.4. The molecule has 0 bridgehead atoms. The van der Waals surface area contributed by atoms with Crippen molar-refractivity contribution >= 4 is 0 Å². The molecule has 3 rings (SSSR count). The van der Waals surface area contributed by atoms with Crippen molar-refractivity contribution in [2.24, 2.45) is 0 Å². The van der Waals surface area contributed by atoms with Crippen LogP contribution >= 0.6 is 0 Å². The van der Waals surface area contributed by atoms with Gasteiger partial charge in [0.25, 0.3) is 0 Å². The van der Waals surface area contributed by atoms with E-state index in [1.54, 1.807) is 17.4 Å². The van der Waals surface area contributed by atoms with Crippen LogP contribution in [0.2, 0.25) is 0 Å². The highest BCUT2D eigenvalue weighted by Crippen LogP contribution is 2.26. The van der Waals surface area contributed by atoms with Gasteiger partial charge in [0.05, 0.1) is 12.3 Å². The number of fused-ring (bicyclic) bond motifs is 1. The third kappa shape index (κ3) is 2.80. The van der Waals surface area contributed by atoms with Gasteiger partial charge in [-0.1, -0.05) is 18.2 Å². The van der Waals surface area contributed by atoms with Crippen molar-refractivity contribution in [2.75, 3.05) is 0 Å². The standard InChI is InChI=1S/C18H23NO/c1-13(19-14(2)18-8-5-11-20-18)16-10-9-15-6-3-4-7-17(15)12-16/h5,8-14,19H,3-4,6-7H2,1-2H3. The second-order valence-corrected chi connectivity index (χ2v) is 5.86. The van der Waals surface area contributed by atoms with E-state index in [-0.39, 0.29) is 6.04 Å². The summed E-state index contributed by atoms with van der Waals surface area (Å²) in [4.78, 5) is 0. The number of hydrogen-bond donors (Lipinski definition) is 1. The molecule has 0 aliphatic heterocycles. The van der Waals surface area contributed by atoms with Crippen molar-refractivity contribution in [3.63, 3.8) is 0 Å². The molecule has 2 atom stereocenters. The van der Waals surface area contributed by atoms with Gasteiger partial charge in [0.15, 0.2) is 0 Å². The zero-order valence-corrected chi connectivity index (χ0v) is 12.4. The van der Waals surface area contributed by atoms with E-state index in [1.165, 1.54) is 31.2 Å². The summed E-state index contributed by atoms with van der Waals surface area (Å²) in [5, 5.41) is 3.61. The van der Waals surface area contributed by atoms with E-state index in [4.69, 9.17) is 4.42 Å². The van der Waals surface area contributed by atoms with Crippen molar-refractivity contribution < 1.29 is 4.42 Å². The summed E-state index contributed by atoms with van der Waals surface area (Å²) in [6.45, 7) is 4.37. The van der Waals surface area contributed by atoms with Gasteiger partial charge in [0.1, 0.15) is 5.76 Å². The Morgan fingerprint density at radius 2 is 1.80 bits per heavy atom. The number of benzene rings is 1. The molecule has 2 unspecified atom stereocenters. The molecule has 1 aliphatic rings. The van der Waals surface area contributed by atoms with Gasteiger partial charge in [-0.2, -0.15) is 0 Å². The second-order valence-electron chi connectivity index (χ2n) is 5.86. The molecule has 0 radical (unpaired) electrons. The molecule has 2 aromatic rings. The number of aryl methyl sites for hydroxylation is 2. The molecular formula is C18H23NO. The van der Waals surface area contributed by atoms with Crippen LogP contribution in [0.4, 0.5) is 0 Å². The fourth-order valence-corrected chi connectivity index (χ4v) is 3.11. The highest BCUT2D eigenvalue weighted by atomic mass is 16.3. The molecule has 1 heterocycles. The maximum atomic E-state index is 5.46. The van der Waals surface area contributed by atoms with Crippen LogP contribution < -0.4 is 5.32 Å². The van der Waals surface area contributed by atoms with Crippen molar-refractivity contribution in [1.82, 2.24) is 5.32 Å². The lowest BCUT2D eigenvalue weighted by molar-refractivity contribution is 0.403. The highest BCUT2D eigenvalue weighted by molar-refractivity contribution is 5.35. The Morgan fingerprint density at radius 1 is 1.00 bits per heavy atom. The zero-order chi connectivity index (χ0) is 13.9. The molecule has 0 spiro atoms. The van der Waals surface area contributed by atoms with Gasteiger partial charge >= 0.3 is 0 Å². The summed E-state index contributed by atoms with van der Waals surface area (Å²) >= 11 is 0. The zero-order valence-electron chi connectivity index (χ0n) is 12.4. The Kier molecular flexibility index (Phi) is 3.93. The summed E-state index contributed by atoms with van der Waals surface area (Å²) < 4.78 is 5.46. The van der Waals surface area contributed by atoms with E-state index in [0.29, 0.717) is 6.04 Å². The molecule has 1 aromatic heterocycles. The quantitative estimate of drug-likeness (QED) is 0.879. The predicted octanol–water partition coefficient (Wildman–Crippen LogP) is 4.57. The average Bonchev–Trinajstić information content (AvgIpc) is 3.01. The van der Waals surface area contributed by atoms with Crippen molar-refractivity contribution in [3.8, 4) is 0 Å². The molecule has 20 heavy (non-hydrogen) atoms. The van der Waals surface area contributed by atoms with E-state index in [1.807, 2.05) is 12.1 Å². The fourth-order valence-electron chi connectivity index (χ4n) is 3.11. The lowest BCUT2D eigenvalue weighted by atomic mass is 9.89.